The van der Waals surface area contributed by atoms with E-state index in [0.717, 1.165) is 36.7 Å². The summed E-state index contributed by atoms with van der Waals surface area (Å²) < 4.78 is 0. The zero-order chi connectivity index (χ0) is 18.9. The molecule has 2 aromatic heterocycles. The third-order valence-electron chi connectivity index (χ3n) is 6.24. The zero-order valence-electron chi connectivity index (χ0n) is 16.0. The molecule has 0 amide bonds. The molecule has 3 aromatic rings. The predicted octanol–water partition coefficient (Wildman–Crippen LogP) is 3.78. The first-order valence-electron chi connectivity index (χ1n) is 10.2. The number of aliphatic hydroxyl groups is 1. The topological polar surface area (TPSA) is 52.5 Å². The van der Waals surface area contributed by atoms with Gasteiger partial charge in [0.25, 0.3) is 0 Å². The van der Waals surface area contributed by atoms with E-state index in [-0.39, 0.29) is 6.61 Å². The van der Waals surface area contributed by atoms with Gasteiger partial charge in [0.05, 0.1) is 12.0 Å². The number of rotatable bonds is 5. The van der Waals surface area contributed by atoms with Crippen LogP contribution in [0.3, 0.4) is 0 Å². The molecule has 6 heteroatoms. The molecule has 0 spiro atoms. The van der Waals surface area contributed by atoms with Crippen LogP contribution in [-0.2, 0) is 0 Å². The molecule has 0 saturated carbocycles. The highest BCUT2D eigenvalue weighted by Gasteiger charge is 2.33. The van der Waals surface area contributed by atoms with Crippen molar-refractivity contribution >= 4 is 27.4 Å². The van der Waals surface area contributed by atoms with Crippen molar-refractivity contribution in [2.24, 2.45) is 0 Å². The summed E-state index contributed by atoms with van der Waals surface area (Å²) in [6, 6.07) is 11.3. The first kappa shape index (κ1) is 18.0. The highest BCUT2D eigenvalue weighted by Crippen LogP contribution is 2.40. The van der Waals surface area contributed by atoms with Crippen molar-refractivity contribution in [1.82, 2.24) is 14.9 Å². The number of anilines is 1. The van der Waals surface area contributed by atoms with E-state index >= 15 is 0 Å². The van der Waals surface area contributed by atoms with E-state index in [0.29, 0.717) is 12.1 Å². The van der Waals surface area contributed by atoms with Gasteiger partial charge in [0.1, 0.15) is 17.0 Å². The quantitative estimate of drug-likeness (QED) is 0.714. The first-order chi connectivity index (χ1) is 13.8. The van der Waals surface area contributed by atoms with Gasteiger partial charge in [-0.15, -0.1) is 11.3 Å². The highest BCUT2D eigenvalue weighted by molar-refractivity contribution is 7.17. The maximum atomic E-state index is 9.69. The predicted molar refractivity (Wildman–Crippen MR) is 115 cm³/mol. The molecule has 0 radical (unpaired) electrons. The third-order valence-corrected chi connectivity index (χ3v) is 7.13. The molecule has 0 aliphatic carbocycles. The number of benzene rings is 1. The van der Waals surface area contributed by atoms with Gasteiger partial charge in [-0.25, -0.2) is 9.97 Å². The largest absolute Gasteiger partial charge is 0.395 e. The smallest absolute Gasteiger partial charge is 0.141 e. The summed E-state index contributed by atoms with van der Waals surface area (Å²) in [6.45, 7) is 3.43. The van der Waals surface area contributed by atoms with Crippen molar-refractivity contribution in [2.45, 2.75) is 37.8 Å². The second kappa shape index (κ2) is 7.78. The number of hydrogen-bond donors (Lipinski definition) is 1. The minimum Gasteiger partial charge on any atom is -0.395 e. The average Bonchev–Trinajstić information content (AvgIpc) is 3.48. The summed E-state index contributed by atoms with van der Waals surface area (Å²) in [4.78, 5) is 15.3. The molecule has 5 nitrogen and oxygen atoms in total. The van der Waals surface area contributed by atoms with Crippen LogP contribution in [0.15, 0.2) is 42.0 Å². The molecule has 5 rings (SSSR count). The molecular formula is C22H26N4OS. The number of aliphatic hydroxyl groups excluding tert-OH is 1. The average molecular weight is 395 g/mol. The van der Waals surface area contributed by atoms with Crippen molar-refractivity contribution in [3.05, 3.63) is 42.0 Å². The van der Waals surface area contributed by atoms with E-state index < -0.39 is 0 Å². The summed E-state index contributed by atoms with van der Waals surface area (Å²) >= 11 is 1.70. The van der Waals surface area contributed by atoms with Gasteiger partial charge in [0, 0.05) is 36.1 Å². The van der Waals surface area contributed by atoms with Crippen molar-refractivity contribution in [2.75, 3.05) is 31.1 Å². The summed E-state index contributed by atoms with van der Waals surface area (Å²) in [7, 11) is 0. The number of hydrogen-bond acceptors (Lipinski definition) is 6. The van der Waals surface area contributed by atoms with Crippen LogP contribution >= 0.6 is 11.3 Å². The van der Waals surface area contributed by atoms with Crippen LogP contribution in [0.5, 0.6) is 0 Å². The van der Waals surface area contributed by atoms with Gasteiger partial charge in [-0.1, -0.05) is 30.3 Å². The van der Waals surface area contributed by atoms with Gasteiger partial charge in [-0.2, -0.15) is 0 Å². The molecule has 1 N–H and O–H groups in total. The van der Waals surface area contributed by atoms with E-state index in [4.69, 9.17) is 4.98 Å². The Bertz CT molecular complexity index is 944. The number of fused-ring (bicyclic) bond motifs is 1. The van der Waals surface area contributed by atoms with Gasteiger partial charge in [0.2, 0.25) is 0 Å². The highest BCUT2D eigenvalue weighted by atomic mass is 32.1. The zero-order valence-corrected chi connectivity index (χ0v) is 16.8. The van der Waals surface area contributed by atoms with Crippen LogP contribution in [0.25, 0.3) is 21.3 Å². The lowest BCUT2D eigenvalue weighted by Crippen LogP contribution is -2.43. The van der Waals surface area contributed by atoms with E-state index in [1.807, 2.05) is 0 Å². The van der Waals surface area contributed by atoms with Crippen LogP contribution in [0, 0.1) is 0 Å². The Morgan fingerprint density at radius 1 is 1.04 bits per heavy atom. The molecule has 2 fully saturated rings. The third kappa shape index (κ3) is 3.19. The van der Waals surface area contributed by atoms with Crippen molar-refractivity contribution in [1.29, 1.82) is 0 Å². The fraction of sp³-hybridized carbons (Fsp3) is 0.455. The Hall–Kier alpha value is -2.02. The first-order valence-corrected chi connectivity index (χ1v) is 11.1. The number of thiophene rings is 1. The Labute approximate surface area is 169 Å². The fourth-order valence-electron chi connectivity index (χ4n) is 4.82. The number of nitrogens with zero attached hydrogens (tertiary/aromatic N) is 4. The Morgan fingerprint density at radius 2 is 1.86 bits per heavy atom. The van der Waals surface area contributed by atoms with E-state index in [1.165, 1.54) is 35.8 Å². The van der Waals surface area contributed by atoms with Gasteiger partial charge < -0.3 is 10.0 Å². The lowest BCUT2D eigenvalue weighted by atomic mass is 10.1. The van der Waals surface area contributed by atoms with Crippen LogP contribution in [0.4, 0.5) is 5.82 Å². The Kier molecular flexibility index (Phi) is 5.01. The molecule has 1 aromatic carbocycles. The van der Waals surface area contributed by atoms with Crippen molar-refractivity contribution in [3.8, 4) is 11.1 Å². The minimum absolute atomic E-state index is 0.271. The van der Waals surface area contributed by atoms with Gasteiger partial charge in [0.15, 0.2) is 0 Å². The van der Waals surface area contributed by atoms with E-state index in [9.17, 15) is 5.11 Å². The summed E-state index contributed by atoms with van der Waals surface area (Å²) in [6.07, 6.45) is 6.40. The molecule has 146 valence electrons. The Morgan fingerprint density at radius 3 is 2.71 bits per heavy atom. The maximum absolute atomic E-state index is 9.69. The fourth-order valence-corrected chi connectivity index (χ4v) is 5.74. The number of aromatic nitrogens is 2. The van der Waals surface area contributed by atoms with Crippen LogP contribution in [-0.4, -0.2) is 58.3 Å². The normalized spacial score (nSPS) is 23.1. The second-order valence-corrected chi connectivity index (χ2v) is 8.71. The molecule has 4 heterocycles. The summed E-state index contributed by atoms with van der Waals surface area (Å²) in [5.41, 5.74) is 2.46. The SMILES string of the molecule is OC[C@@H]1CCCN1C[C@H]1CCCN1c1ncnc2scc(-c3ccccc3)c12. The lowest BCUT2D eigenvalue weighted by molar-refractivity contribution is 0.153. The van der Waals surface area contributed by atoms with Crippen molar-refractivity contribution in [3.63, 3.8) is 0 Å². The van der Waals surface area contributed by atoms with Crippen LogP contribution < -0.4 is 4.90 Å². The molecule has 2 atom stereocenters. The summed E-state index contributed by atoms with van der Waals surface area (Å²) in [5.74, 6) is 1.08. The Balaban J connectivity index is 1.50. The molecule has 0 bridgehead atoms. The lowest BCUT2D eigenvalue weighted by Gasteiger charge is -2.32. The van der Waals surface area contributed by atoms with Crippen LogP contribution in [0.1, 0.15) is 25.7 Å². The van der Waals surface area contributed by atoms with E-state index in [2.05, 4.69) is 50.5 Å². The minimum atomic E-state index is 0.271. The van der Waals surface area contributed by atoms with Crippen LogP contribution in [0.2, 0.25) is 0 Å². The molecule has 2 aliphatic rings. The van der Waals surface area contributed by atoms with Gasteiger partial charge >= 0.3 is 0 Å². The molecule has 2 aliphatic heterocycles. The standard InChI is InChI=1S/C22H26N4OS/c27-13-18-9-4-10-25(18)12-17-8-5-11-26(17)21-20-19(16-6-2-1-3-7-16)14-28-22(20)24-15-23-21/h1-3,6-7,14-15,17-18,27H,4-5,8-13H2/t17-,18+/m1/s1. The van der Waals surface area contributed by atoms with Gasteiger partial charge in [-0.05, 0) is 37.8 Å². The van der Waals surface area contributed by atoms with Gasteiger partial charge in [-0.3, -0.25) is 4.90 Å². The van der Waals surface area contributed by atoms with E-state index in [1.54, 1.807) is 17.7 Å². The number of likely N-dealkylation sites (tertiary alicyclic amines) is 1. The molecular weight excluding hydrogens is 368 g/mol. The molecule has 0 unspecified atom stereocenters. The summed E-state index contributed by atoms with van der Waals surface area (Å²) in [5, 5.41) is 13.1. The maximum Gasteiger partial charge on any atom is 0.141 e. The second-order valence-electron chi connectivity index (χ2n) is 7.86. The molecule has 2 saturated heterocycles. The molecule has 28 heavy (non-hydrogen) atoms. The monoisotopic (exact) mass is 394 g/mol. The van der Waals surface area contributed by atoms with Crippen molar-refractivity contribution < 1.29 is 5.11 Å².